The lowest BCUT2D eigenvalue weighted by Gasteiger charge is -2.48. The molecular formula is C23H19N3O4. The average molecular weight is 401 g/mol. The summed E-state index contributed by atoms with van der Waals surface area (Å²) < 4.78 is 5.66. The van der Waals surface area contributed by atoms with E-state index in [-0.39, 0.29) is 37.3 Å². The highest BCUT2D eigenvalue weighted by Crippen LogP contribution is 2.49. The minimum Gasteiger partial charge on any atom is -0.458 e. The third-order valence-electron chi connectivity index (χ3n) is 5.96. The quantitative estimate of drug-likeness (QED) is 0.735. The van der Waals surface area contributed by atoms with Crippen molar-refractivity contribution in [3.8, 4) is 6.07 Å². The van der Waals surface area contributed by atoms with Crippen LogP contribution in [0.4, 0.5) is 5.69 Å². The summed E-state index contributed by atoms with van der Waals surface area (Å²) in [5.74, 6) is -1.03. The Morgan fingerprint density at radius 2 is 1.97 bits per heavy atom. The minimum absolute atomic E-state index is 0.0352. The second-order valence-corrected chi connectivity index (χ2v) is 7.86. The van der Waals surface area contributed by atoms with E-state index < -0.39 is 11.6 Å². The summed E-state index contributed by atoms with van der Waals surface area (Å²) in [6, 6.07) is 15.7. The van der Waals surface area contributed by atoms with Gasteiger partial charge in [0.15, 0.2) is 0 Å². The van der Waals surface area contributed by atoms with E-state index in [4.69, 9.17) is 10.00 Å². The molecule has 0 unspecified atom stereocenters. The molecular weight excluding hydrogens is 382 g/mol. The van der Waals surface area contributed by atoms with Crippen LogP contribution < -0.4 is 4.90 Å². The first kappa shape index (κ1) is 18.4. The normalized spacial score (nSPS) is 22.4. The van der Waals surface area contributed by atoms with E-state index in [0.717, 1.165) is 12.8 Å². The largest absolute Gasteiger partial charge is 0.458 e. The molecule has 2 amide bonds. The Kier molecular flexibility index (Phi) is 4.10. The molecule has 0 bridgehead atoms. The Bertz CT molecular complexity index is 1120. The highest BCUT2D eigenvalue weighted by molar-refractivity contribution is 6.15. The number of rotatable bonds is 4. The van der Waals surface area contributed by atoms with Gasteiger partial charge in [0.2, 0.25) is 11.6 Å². The number of para-hydroxylation sites is 1. The zero-order valence-electron chi connectivity index (χ0n) is 16.2. The molecule has 5 rings (SSSR count). The zero-order chi connectivity index (χ0) is 20.9. The Hall–Kier alpha value is -3.66. The van der Waals surface area contributed by atoms with Gasteiger partial charge in [0.25, 0.3) is 5.91 Å². The lowest BCUT2D eigenvalue weighted by atomic mass is 9.96. The van der Waals surface area contributed by atoms with E-state index in [1.807, 2.05) is 0 Å². The third-order valence-corrected chi connectivity index (χ3v) is 5.96. The average Bonchev–Trinajstić information content (AvgIpc) is 3.54. The van der Waals surface area contributed by atoms with Gasteiger partial charge in [-0.05, 0) is 42.7 Å². The van der Waals surface area contributed by atoms with Crippen LogP contribution in [0, 0.1) is 11.3 Å². The van der Waals surface area contributed by atoms with Crippen LogP contribution in [0.25, 0.3) is 0 Å². The molecule has 0 spiro atoms. The van der Waals surface area contributed by atoms with Gasteiger partial charge in [-0.1, -0.05) is 24.3 Å². The molecule has 30 heavy (non-hydrogen) atoms. The molecule has 0 radical (unpaired) electrons. The van der Waals surface area contributed by atoms with Crippen molar-refractivity contribution >= 4 is 23.5 Å². The fourth-order valence-electron chi connectivity index (χ4n) is 4.51. The van der Waals surface area contributed by atoms with Crippen molar-refractivity contribution in [2.75, 3.05) is 4.90 Å². The zero-order valence-corrected chi connectivity index (χ0v) is 16.2. The summed E-state index contributed by atoms with van der Waals surface area (Å²) >= 11 is 0. The summed E-state index contributed by atoms with van der Waals surface area (Å²) in [7, 11) is 0. The molecule has 2 aromatic rings. The molecule has 7 nitrogen and oxygen atoms in total. The van der Waals surface area contributed by atoms with Gasteiger partial charge >= 0.3 is 5.97 Å². The summed E-state index contributed by atoms with van der Waals surface area (Å²) in [5.41, 5.74) is 0.599. The van der Waals surface area contributed by atoms with E-state index in [2.05, 4.69) is 6.07 Å². The summed E-state index contributed by atoms with van der Waals surface area (Å²) in [6.07, 6.45) is 1.98. The van der Waals surface area contributed by atoms with Gasteiger partial charge < -0.3 is 9.64 Å². The van der Waals surface area contributed by atoms with Crippen LogP contribution in [-0.2, 0) is 20.9 Å². The Morgan fingerprint density at radius 1 is 1.17 bits per heavy atom. The van der Waals surface area contributed by atoms with E-state index in [1.165, 1.54) is 4.90 Å². The first-order chi connectivity index (χ1) is 14.6. The van der Waals surface area contributed by atoms with E-state index in [9.17, 15) is 14.4 Å². The fourth-order valence-corrected chi connectivity index (χ4v) is 4.51. The number of anilines is 1. The van der Waals surface area contributed by atoms with E-state index in [0.29, 0.717) is 22.4 Å². The van der Waals surface area contributed by atoms with Crippen molar-refractivity contribution < 1.29 is 19.1 Å². The molecule has 2 heterocycles. The smallest absolute Gasteiger partial charge is 0.354 e. The first-order valence-electron chi connectivity index (χ1n) is 9.98. The molecule has 1 aliphatic carbocycles. The lowest BCUT2D eigenvalue weighted by Crippen LogP contribution is -2.69. The number of amides is 2. The van der Waals surface area contributed by atoms with Gasteiger partial charge in [-0.3, -0.25) is 14.5 Å². The van der Waals surface area contributed by atoms with Crippen LogP contribution in [0.1, 0.15) is 47.2 Å². The van der Waals surface area contributed by atoms with Crippen molar-refractivity contribution in [2.24, 2.45) is 0 Å². The topological polar surface area (TPSA) is 90.7 Å². The Morgan fingerprint density at radius 3 is 2.73 bits per heavy atom. The maximum Gasteiger partial charge on any atom is 0.354 e. The van der Waals surface area contributed by atoms with Gasteiger partial charge in [-0.25, -0.2) is 4.79 Å². The number of benzene rings is 2. The molecule has 150 valence electrons. The van der Waals surface area contributed by atoms with Crippen LogP contribution in [0.3, 0.4) is 0 Å². The van der Waals surface area contributed by atoms with Crippen molar-refractivity contribution in [3.63, 3.8) is 0 Å². The molecule has 7 heteroatoms. The second-order valence-electron chi connectivity index (χ2n) is 7.86. The number of fused-ring (bicyclic) bond motifs is 3. The SMILES string of the molecule is N#Cc1cccc(COC(=O)[C@]23CCC(=O)N2c2ccccc2C(=O)N3C2CC2)c1. The van der Waals surface area contributed by atoms with E-state index in [1.54, 1.807) is 53.4 Å². The Labute approximate surface area is 173 Å². The van der Waals surface area contributed by atoms with Crippen molar-refractivity contribution in [1.29, 1.82) is 5.26 Å². The number of hydrogen-bond acceptors (Lipinski definition) is 5. The standard InChI is InChI=1S/C23H19N3O4/c24-13-15-4-3-5-16(12-15)14-30-22(29)23-11-10-20(27)26(23)19-7-2-1-6-18(19)21(28)25(23)17-8-9-17/h1-7,12,17H,8-11,14H2/t23-/m0/s1. The number of esters is 1. The van der Waals surface area contributed by atoms with Crippen LogP contribution >= 0.6 is 0 Å². The van der Waals surface area contributed by atoms with Gasteiger partial charge in [-0.15, -0.1) is 0 Å². The lowest BCUT2D eigenvalue weighted by molar-refractivity contribution is -0.159. The molecule has 1 saturated heterocycles. The number of hydrogen-bond donors (Lipinski definition) is 0. The number of nitrogens with zero attached hydrogens (tertiary/aromatic N) is 3. The molecule has 2 aromatic carbocycles. The van der Waals surface area contributed by atoms with Crippen LogP contribution in [0.2, 0.25) is 0 Å². The van der Waals surface area contributed by atoms with Crippen molar-refractivity contribution in [3.05, 3.63) is 65.2 Å². The van der Waals surface area contributed by atoms with Gasteiger partial charge in [-0.2, -0.15) is 5.26 Å². The van der Waals surface area contributed by atoms with Gasteiger partial charge in [0, 0.05) is 18.9 Å². The molecule has 0 aromatic heterocycles. The van der Waals surface area contributed by atoms with Gasteiger partial charge in [0.05, 0.1) is 22.9 Å². The maximum atomic E-state index is 13.5. The Balaban J connectivity index is 1.54. The third kappa shape index (κ3) is 2.61. The van der Waals surface area contributed by atoms with Crippen LogP contribution in [-0.4, -0.2) is 34.4 Å². The molecule has 2 aliphatic heterocycles. The van der Waals surface area contributed by atoms with Crippen LogP contribution in [0.5, 0.6) is 0 Å². The maximum absolute atomic E-state index is 13.5. The summed E-state index contributed by atoms with van der Waals surface area (Å²) in [5, 5.41) is 9.07. The second kappa shape index (κ2) is 6.70. The van der Waals surface area contributed by atoms with Gasteiger partial charge in [0.1, 0.15) is 6.61 Å². The molecule has 3 aliphatic rings. The fraction of sp³-hybridized carbons (Fsp3) is 0.304. The minimum atomic E-state index is -1.45. The highest BCUT2D eigenvalue weighted by Gasteiger charge is 2.64. The molecule has 2 fully saturated rings. The summed E-state index contributed by atoms with van der Waals surface area (Å²) in [6.45, 7) is -0.0352. The highest BCUT2D eigenvalue weighted by atomic mass is 16.5. The van der Waals surface area contributed by atoms with Crippen molar-refractivity contribution in [2.45, 2.75) is 44.0 Å². The molecule has 1 atom stereocenters. The number of carbonyl (C=O) groups is 3. The number of ether oxygens (including phenoxy) is 1. The molecule has 0 N–H and O–H groups in total. The monoisotopic (exact) mass is 401 g/mol. The predicted octanol–water partition coefficient (Wildman–Crippen LogP) is 2.74. The number of carbonyl (C=O) groups excluding carboxylic acids is 3. The first-order valence-corrected chi connectivity index (χ1v) is 9.98. The van der Waals surface area contributed by atoms with E-state index >= 15 is 0 Å². The number of nitriles is 1. The predicted molar refractivity (Wildman–Crippen MR) is 106 cm³/mol. The van der Waals surface area contributed by atoms with Crippen molar-refractivity contribution in [1.82, 2.24) is 4.90 Å². The summed E-state index contributed by atoms with van der Waals surface area (Å²) in [4.78, 5) is 42.8. The molecule has 1 saturated carbocycles. The van der Waals surface area contributed by atoms with Crippen LogP contribution in [0.15, 0.2) is 48.5 Å².